The van der Waals surface area contributed by atoms with Crippen LogP contribution in [-0.4, -0.2) is 44.6 Å². The number of carbonyl (C=O) groups is 1. The zero-order valence-electron chi connectivity index (χ0n) is 16.5. The highest BCUT2D eigenvalue weighted by atomic mass is 16.1. The fraction of sp³-hybridized carbons (Fsp3) is 0.217. The van der Waals surface area contributed by atoms with Crippen LogP contribution in [0, 0.1) is 0 Å². The van der Waals surface area contributed by atoms with Crippen molar-refractivity contribution in [3.8, 4) is 11.3 Å². The molecule has 1 fully saturated rings. The number of benzene rings is 1. The van der Waals surface area contributed by atoms with Gasteiger partial charge in [0, 0.05) is 37.1 Å². The molecule has 7 nitrogen and oxygen atoms in total. The van der Waals surface area contributed by atoms with E-state index in [1.54, 1.807) is 16.9 Å². The van der Waals surface area contributed by atoms with Crippen molar-refractivity contribution in [1.29, 1.82) is 0 Å². The van der Waals surface area contributed by atoms with Crippen LogP contribution in [0.15, 0.2) is 73.2 Å². The third-order valence-electron chi connectivity index (χ3n) is 5.52. The SMILES string of the molecule is O=C(NC1CCN(c2ccccn2)CC1)c1cnn2c(-c3ccccc3)ccnc12. The number of nitrogens with one attached hydrogen (secondary N) is 1. The summed E-state index contributed by atoms with van der Waals surface area (Å²) in [6.45, 7) is 1.74. The summed E-state index contributed by atoms with van der Waals surface area (Å²) in [6, 6.07) is 18.0. The van der Waals surface area contributed by atoms with Gasteiger partial charge in [-0.1, -0.05) is 36.4 Å². The van der Waals surface area contributed by atoms with Crippen LogP contribution in [0.3, 0.4) is 0 Å². The highest BCUT2D eigenvalue weighted by molar-refractivity contribution is 6.00. The normalized spacial score (nSPS) is 14.7. The van der Waals surface area contributed by atoms with E-state index in [1.165, 1.54) is 0 Å². The fourth-order valence-electron chi connectivity index (χ4n) is 3.94. The van der Waals surface area contributed by atoms with E-state index >= 15 is 0 Å². The van der Waals surface area contributed by atoms with Crippen LogP contribution >= 0.6 is 0 Å². The molecule has 7 heteroatoms. The molecule has 1 N–H and O–H groups in total. The second-order valence-corrected chi connectivity index (χ2v) is 7.41. The lowest BCUT2D eigenvalue weighted by molar-refractivity contribution is 0.0932. The Morgan fingerprint density at radius 3 is 2.50 bits per heavy atom. The van der Waals surface area contributed by atoms with Gasteiger partial charge in [-0.05, 0) is 31.0 Å². The molecule has 1 amide bonds. The van der Waals surface area contributed by atoms with Crippen molar-refractivity contribution in [3.63, 3.8) is 0 Å². The molecule has 1 aliphatic rings. The fourth-order valence-corrected chi connectivity index (χ4v) is 3.94. The monoisotopic (exact) mass is 398 g/mol. The summed E-state index contributed by atoms with van der Waals surface area (Å²) in [5, 5.41) is 7.60. The lowest BCUT2D eigenvalue weighted by Crippen LogP contribution is -2.45. The molecule has 0 atom stereocenters. The van der Waals surface area contributed by atoms with E-state index in [-0.39, 0.29) is 11.9 Å². The van der Waals surface area contributed by atoms with Crippen molar-refractivity contribution < 1.29 is 4.79 Å². The third kappa shape index (κ3) is 3.50. The zero-order chi connectivity index (χ0) is 20.3. The number of pyridine rings is 1. The Bertz CT molecular complexity index is 1150. The van der Waals surface area contributed by atoms with E-state index in [2.05, 4.69) is 25.3 Å². The number of hydrogen-bond acceptors (Lipinski definition) is 5. The summed E-state index contributed by atoms with van der Waals surface area (Å²) < 4.78 is 1.73. The predicted octanol–water partition coefficient (Wildman–Crippen LogP) is 3.19. The van der Waals surface area contributed by atoms with E-state index in [9.17, 15) is 4.79 Å². The van der Waals surface area contributed by atoms with Crippen molar-refractivity contribution >= 4 is 17.4 Å². The van der Waals surface area contributed by atoms with E-state index in [0.29, 0.717) is 11.2 Å². The standard InChI is InChI=1S/C23H22N6O/c30-23(27-18-10-14-28(15-11-18)21-8-4-5-12-24-21)19-16-26-29-20(9-13-25-22(19)29)17-6-2-1-3-7-17/h1-9,12-13,16,18H,10-11,14-15H2,(H,27,30). The van der Waals surface area contributed by atoms with Crippen molar-refractivity contribution in [2.45, 2.75) is 18.9 Å². The molecule has 0 spiro atoms. The number of anilines is 1. The van der Waals surface area contributed by atoms with Gasteiger partial charge in [0.2, 0.25) is 0 Å². The number of carbonyl (C=O) groups excluding carboxylic acids is 1. The van der Waals surface area contributed by atoms with Gasteiger partial charge in [-0.15, -0.1) is 0 Å². The topological polar surface area (TPSA) is 75.4 Å². The first-order valence-electron chi connectivity index (χ1n) is 10.1. The Kier molecular flexibility index (Phi) is 4.85. The smallest absolute Gasteiger partial charge is 0.256 e. The molecule has 1 saturated heterocycles. The lowest BCUT2D eigenvalue weighted by Gasteiger charge is -2.33. The summed E-state index contributed by atoms with van der Waals surface area (Å²) in [4.78, 5) is 24.0. The Morgan fingerprint density at radius 2 is 1.73 bits per heavy atom. The van der Waals surface area contributed by atoms with Crippen LogP contribution in [0.5, 0.6) is 0 Å². The van der Waals surface area contributed by atoms with Gasteiger partial charge < -0.3 is 10.2 Å². The third-order valence-corrected chi connectivity index (χ3v) is 5.52. The maximum Gasteiger partial charge on any atom is 0.256 e. The molecule has 5 rings (SSSR count). The Labute approximate surface area is 174 Å². The number of nitrogens with zero attached hydrogens (tertiary/aromatic N) is 5. The van der Waals surface area contributed by atoms with E-state index in [1.807, 2.05) is 60.8 Å². The number of rotatable bonds is 4. The zero-order valence-corrected chi connectivity index (χ0v) is 16.5. The molecule has 0 radical (unpaired) electrons. The lowest BCUT2D eigenvalue weighted by atomic mass is 10.0. The summed E-state index contributed by atoms with van der Waals surface area (Å²) in [7, 11) is 0. The van der Waals surface area contributed by atoms with Gasteiger partial charge in [-0.3, -0.25) is 4.79 Å². The van der Waals surface area contributed by atoms with E-state index in [0.717, 1.165) is 43.0 Å². The molecule has 1 aliphatic heterocycles. The largest absolute Gasteiger partial charge is 0.356 e. The maximum absolute atomic E-state index is 13.0. The van der Waals surface area contributed by atoms with Gasteiger partial charge in [-0.2, -0.15) is 5.10 Å². The number of fused-ring (bicyclic) bond motifs is 1. The van der Waals surface area contributed by atoms with E-state index in [4.69, 9.17) is 0 Å². The molecule has 150 valence electrons. The van der Waals surface area contributed by atoms with Gasteiger partial charge in [0.15, 0.2) is 5.65 Å². The molecule has 1 aromatic carbocycles. The maximum atomic E-state index is 13.0. The van der Waals surface area contributed by atoms with Crippen LogP contribution in [0.2, 0.25) is 0 Å². The van der Waals surface area contributed by atoms with Crippen LogP contribution in [0.4, 0.5) is 5.82 Å². The Balaban J connectivity index is 1.30. The highest BCUT2D eigenvalue weighted by Gasteiger charge is 2.24. The molecular weight excluding hydrogens is 376 g/mol. The Morgan fingerprint density at radius 1 is 0.933 bits per heavy atom. The second kappa shape index (κ2) is 7.94. The van der Waals surface area contributed by atoms with Gasteiger partial charge in [0.05, 0.1) is 11.9 Å². The molecule has 0 aliphatic carbocycles. The molecule has 0 saturated carbocycles. The Hall–Kier alpha value is -3.74. The molecule has 3 aromatic heterocycles. The first kappa shape index (κ1) is 18.3. The quantitative estimate of drug-likeness (QED) is 0.571. The first-order valence-corrected chi connectivity index (χ1v) is 10.1. The van der Waals surface area contributed by atoms with Crippen molar-refractivity contribution in [3.05, 3.63) is 78.8 Å². The number of amides is 1. The molecule has 4 aromatic rings. The molecule has 0 bridgehead atoms. The minimum Gasteiger partial charge on any atom is -0.356 e. The van der Waals surface area contributed by atoms with Gasteiger partial charge in [0.1, 0.15) is 11.4 Å². The minimum absolute atomic E-state index is 0.126. The van der Waals surface area contributed by atoms with Gasteiger partial charge in [0.25, 0.3) is 5.91 Å². The van der Waals surface area contributed by atoms with Crippen LogP contribution in [0.25, 0.3) is 16.9 Å². The average molecular weight is 398 g/mol. The minimum atomic E-state index is -0.126. The van der Waals surface area contributed by atoms with E-state index < -0.39 is 0 Å². The summed E-state index contributed by atoms with van der Waals surface area (Å²) in [6.07, 6.45) is 6.90. The number of aromatic nitrogens is 4. The summed E-state index contributed by atoms with van der Waals surface area (Å²) in [5.41, 5.74) is 3.00. The second-order valence-electron chi connectivity index (χ2n) is 7.41. The molecule has 30 heavy (non-hydrogen) atoms. The van der Waals surface area contributed by atoms with Crippen LogP contribution in [0.1, 0.15) is 23.2 Å². The summed E-state index contributed by atoms with van der Waals surface area (Å²) >= 11 is 0. The molecule has 0 unspecified atom stereocenters. The predicted molar refractivity (Wildman–Crippen MR) is 115 cm³/mol. The van der Waals surface area contributed by atoms with Crippen molar-refractivity contribution in [2.75, 3.05) is 18.0 Å². The van der Waals surface area contributed by atoms with Crippen molar-refractivity contribution in [2.24, 2.45) is 0 Å². The average Bonchev–Trinajstić information content (AvgIpc) is 3.25. The number of piperidine rings is 1. The van der Waals surface area contributed by atoms with Gasteiger partial charge in [-0.25, -0.2) is 14.5 Å². The van der Waals surface area contributed by atoms with Gasteiger partial charge >= 0.3 is 0 Å². The van der Waals surface area contributed by atoms with Crippen molar-refractivity contribution in [1.82, 2.24) is 24.9 Å². The first-order chi connectivity index (χ1) is 14.8. The molecular formula is C23H22N6O. The number of hydrogen-bond donors (Lipinski definition) is 1. The summed E-state index contributed by atoms with van der Waals surface area (Å²) in [5.74, 6) is 0.863. The van der Waals surface area contributed by atoms with Crippen LogP contribution in [-0.2, 0) is 0 Å². The highest BCUT2D eigenvalue weighted by Crippen LogP contribution is 2.21. The van der Waals surface area contributed by atoms with Crippen LogP contribution < -0.4 is 10.2 Å². The molecule has 4 heterocycles.